The van der Waals surface area contributed by atoms with Crippen LogP contribution in [0.25, 0.3) is 22.4 Å². The van der Waals surface area contributed by atoms with Crippen molar-refractivity contribution in [2.45, 2.75) is 38.6 Å². The van der Waals surface area contributed by atoms with Gasteiger partial charge < -0.3 is 20.7 Å². The summed E-state index contributed by atoms with van der Waals surface area (Å²) < 4.78 is 7.44. The minimum atomic E-state index is -0.920. The summed E-state index contributed by atoms with van der Waals surface area (Å²) in [6.07, 6.45) is 4.88. The van der Waals surface area contributed by atoms with E-state index in [1.807, 2.05) is 30.3 Å². The normalized spacial score (nSPS) is 18.1. The van der Waals surface area contributed by atoms with Gasteiger partial charge in [0.2, 0.25) is 0 Å². The zero-order valence-corrected chi connectivity index (χ0v) is 19.4. The van der Waals surface area contributed by atoms with E-state index in [1.165, 1.54) is 0 Å². The molecule has 0 bridgehead atoms. The summed E-state index contributed by atoms with van der Waals surface area (Å²) in [4.78, 5) is 10.7. The monoisotopic (exact) mass is 463 g/mol. The molecular weight excluding hydrogens is 430 g/mol. The second kappa shape index (κ2) is 11.3. The minimum absolute atomic E-state index is 0.226. The predicted octanol–water partition coefficient (Wildman–Crippen LogP) is 4.33. The van der Waals surface area contributed by atoms with E-state index in [-0.39, 0.29) is 12.4 Å². The van der Waals surface area contributed by atoms with Crippen molar-refractivity contribution in [2.24, 2.45) is 17.6 Å². The molecule has 0 unspecified atom stereocenters. The molecule has 1 heterocycles. The maximum absolute atomic E-state index is 10.7. The fraction of sp³-hybridized carbons (Fsp3) is 0.407. The van der Waals surface area contributed by atoms with Crippen LogP contribution in [0.2, 0.25) is 0 Å². The van der Waals surface area contributed by atoms with Crippen molar-refractivity contribution >= 4 is 5.97 Å². The van der Waals surface area contributed by atoms with Gasteiger partial charge in [0.05, 0.1) is 6.61 Å². The number of carboxylic acid groups (broad SMARTS) is 1. The van der Waals surface area contributed by atoms with E-state index in [2.05, 4.69) is 16.8 Å². The highest BCUT2D eigenvalue weighted by Crippen LogP contribution is 2.37. The number of nitrogens with two attached hydrogens (primary N) is 1. The van der Waals surface area contributed by atoms with E-state index in [0.29, 0.717) is 31.4 Å². The molecule has 2 aromatic carbocycles. The highest BCUT2D eigenvalue weighted by Gasteiger charge is 2.26. The molecule has 180 valence electrons. The van der Waals surface area contributed by atoms with Gasteiger partial charge in [-0.15, -0.1) is 0 Å². The first-order valence-corrected chi connectivity index (χ1v) is 12.0. The lowest BCUT2D eigenvalue weighted by atomic mass is 9.82. The van der Waals surface area contributed by atoms with Gasteiger partial charge in [-0.3, -0.25) is 4.68 Å². The van der Waals surface area contributed by atoms with E-state index in [1.54, 1.807) is 12.1 Å². The van der Waals surface area contributed by atoms with Crippen molar-refractivity contribution in [3.8, 4) is 28.1 Å². The Balaban J connectivity index is 1.59. The Hall–Kier alpha value is -3.16. The molecule has 1 aliphatic rings. The number of phenolic OH excluding ortho intramolecular Hbond substituents is 1. The third kappa shape index (κ3) is 5.85. The van der Waals surface area contributed by atoms with Gasteiger partial charge in [-0.05, 0) is 61.8 Å². The summed E-state index contributed by atoms with van der Waals surface area (Å²) >= 11 is 0. The quantitative estimate of drug-likeness (QED) is 0.413. The first-order chi connectivity index (χ1) is 16.5. The molecule has 0 radical (unpaired) electrons. The molecule has 0 saturated heterocycles. The summed E-state index contributed by atoms with van der Waals surface area (Å²) in [5.41, 5.74) is 11.0. The van der Waals surface area contributed by atoms with Crippen LogP contribution in [-0.4, -0.2) is 45.7 Å². The standard InChI is InChI=1S/C27H33N3O4/c28-14-13-24-26(22-7-4-8-23(31)15-22)27(21-5-2-1-3-6-21)29-30(24)16-19-9-11-20(12-10-19)17-34-18-25(32)33/h1-8,15,19-20,31H,9-14,16-18,28H2,(H,32,33)/t19-,20+. The molecule has 4 rings (SSSR count). The van der Waals surface area contributed by atoms with Crippen LogP contribution < -0.4 is 5.73 Å². The molecule has 1 fully saturated rings. The number of benzene rings is 2. The Morgan fingerprint density at radius 1 is 1.03 bits per heavy atom. The van der Waals surface area contributed by atoms with Crippen LogP contribution in [-0.2, 0) is 22.5 Å². The van der Waals surface area contributed by atoms with Crippen molar-refractivity contribution in [3.63, 3.8) is 0 Å². The average molecular weight is 464 g/mol. The molecule has 3 aromatic rings. The van der Waals surface area contributed by atoms with E-state index in [9.17, 15) is 9.90 Å². The van der Waals surface area contributed by atoms with Gasteiger partial charge in [-0.1, -0.05) is 42.5 Å². The molecular formula is C27H33N3O4. The average Bonchev–Trinajstić information content (AvgIpc) is 3.19. The number of rotatable bonds is 10. The molecule has 0 atom stereocenters. The second-order valence-electron chi connectivity index (χ2n) is 9.10. The number of phenols is 1. The highest BCUT2D eigenvalue weighted by molar-refractivity contribution is 5.83. The predicted molar refractivity (Wildman–Crippen MR) is 131 cm³/mol. The molecule has 1 saturated carbocycles. The number of aromatic nitrogens is 2. The second-order valence-corrected chi connectivity index (χ2v) is 9.10. The van der Waals surface area contributed by atoms with E-state index in [4.69, 9.17) is 20.7 Å². The van der Waals surface area contributed by atoms with Crippen LogP contribution in [0.3, 0.4) is 0 Å². The smallest absolute Gasteiger partial charge is 0.329 e. The van der Waals surface area contributed by atoms with Gasteiger partial charge in [0.15, 0.2) is 0 Å². The third-order valence-electron chi connectivity index (χ3n) is 6.60. The molecule has 0 aliphatic heterocycles. The Morgan fingerprint density at radius 2 is 1.74 bits per heavy atom. The van der Waals surface area contributed by atoms with Gasteiger partial charge >= 0.3 is 5.97 Å². The molecule has 4 N–H and O–H groups in total. The number of aromatic hydroxyl groups is 1. The molecule has 34 heavy (non-hydrogen) atoms. The van der Waals surface area contributed by atoms with Crippen molar-refractivity contribution in [3.05, 3.63) is 60.3 Å². The van der Waals surface area contributed by atoms with Crippen LogP contribution in [0, 0.1) is 11.8 Å². The van der Waals surface area contributed by atoms with Crippen LogP contribution in [0.5, 0.6) is 5.75 Å². The highest BCUT2D eigenvalue weighted by atomic mass is 16.5. The Labute approximate surface area is 200 Å². The summed E-state index contributed by atoms with van der Waals surface area (Å²) in [6.45, 7) is 1.62. The Morgan fingerprint density at radius 3 is 2.41 bits per heavy atom. The Bertz CT molecular complexity index is 1090. The molecule has 0 spiro atoms. The van der Waals surface area contributed by atoms with Gasteiger partial charge in [0.25, 0.3) is 0 Å². The fourth-order valence-corrected chi connectivity index (χ4v) is 4.94. The van der Waals surface area contributed by atoms with Crippen LogP contribution in [0.1, 0.15) is 31.4 Å². The van der Waals surface area contributed by atoms with E-state index >= 15 is 0 Å². The van der Waals surface area contributed by atoms with E-state index in [0.717, 1.165) is 60.3 Å². The van der Waals surface area contributed by atoms with Crippen LogP contribution >= 0.6 is 0 Å². The summed E-state index contributed by atoms with van der Waals surface area (Å²) in [5.74, 6) is 0.218. The fourth-order valence-electron chi connectivity index (χ4n) is 4.94. The first kappa shape index (κ1) is 24.0. The number of hydrogen-bond donors (Lipinski definition) is 3. The van der Waals surface area contributed by atoms with Crippen molar-refractivity contribution in [1.29, 1.82) is 0 Å². The van der Waals surface area contributed by atoms with Gasteiger partial charge in [0.1, 0.15) is 18.1 Å². The topological polar surface area (TPSA) is 111 Å². The first-order valence-electron chi connectivity index (χ1n) is 12.0. The number of carboxylic acids is 1. The van der Waals surface area contributed by atoms with Gasteiger partial charge in [-0.2, -0.15) is 5.10 Å². The number of hydrogen-bond acceptors (Lipinski definition) is 5. The Kier molecular flexibility index (Phi) is 7.98. The van der Waals surface area contributed by atoms with Crippen LogP contribution in [0.4, 0.5) is 0 Å². The molecule has 1 aromatic heterocycles. The summed E-state index contributed by atoms with van der Waals surface area (Å²) in [6, 6.07) is 17.5. The molecule has 0 amide bonds. The SMILES string of the molecule is NCCc1c(-c2cccc(O)c2)c(-c2ccccc2)nn1C[C@H]1CC[C@@H](COCC(=O)O)CC1. The van der Waals surface area contributed by atoms with Crippen molar-refractivity contribution in [2.75, 3.05) is 19.8 Å². The van der Waals surface area contributed by atoms with Gasteiger partial charge in [-0.25, -0.2) is 4.79 Å². The number of ether oxygens (including phenoxy) is 1. The van der Waals surface area contributed by atoms with Crippen LogP contribution in [0.15, 0.2) is 54.6 Å². The molecule has 1 aliphatic carbocycles. The third-order valence-corrected chi connectivity index (χ3v) is 6.60. The zero-order valence-electron chi connectivity index (χ0n) is 19.4. The number of nitrogens with zero attached hydrogens (tertiary/aromatic N) is 2. The summed E-state index contributed by atoms with van der Waals surface area (Å²) in [7, 11) is 0. The zero-order chi connectivity index (χ0) is 23.9. The lowest BCUT2D eigenvalue weighted by molar-refractivity contribution is -0.142. The molecule has 7 heteroatoms. The van der Waals surface area contributed by atoms with Crippen molar-refractivity contribution < 1.29 is 19.7 Å². The number of carbonyl (C=O) groups is 1. The number of aliphatic carboxylic acids is 1. The van der Waals surface area contributed by atoms with Crippen molar-refractivity contribution in [1.82, 2.24) is 9.78 Å². The largest absolute Gasteiger partial charge is 0.508 e. The maximum Gasteiger partial charge on any atom is 0.329 e. The lowest BCUT2D eigenvalue weighted by Gasteiger charge is -2.28. The lowest BCUT2D eigenvalue weighted by Crippen LogP contribution is -2.24. The van der Waals surface area contributed by atoms with Gasteiger partial charge in [0, 0.05) is 29.8 Å². The molecule has 7 nitrogen and oxygen atoms in total. The minimum Gasteiger partial charge on any atom is -0.508 e. The van der Waals surface area contributed by atoms with E-state index < -0.39 is 5.97 Å². The summed E-state index contributed by atoms with van der Waals surface area (Å²) in [5, 5.41) is 24.0. The maximum atomic E-state index is 10.7.